The van der Waals surface area contributed by atoms with E-state index in [1.54, 1.807) is 12.4 Å². The van der Waals surface area contributed by atoms with E-state index in [4.69, 9.17) is 5.73 Å². The molecule has 102 valence electrons. The first-order valence-electron chi connectivity index (χ1n) is 5.62. The van der Waals surface area contributed by atoms with Gasteiger partial charge in [-0.2, -0.15) is 0 Å². The number of nitrogens with one attached hydrogen (secondary N) is 2. The Kier molecular flexibility index (Phi) is 3.76. The van der Waals surface area contributed by atoms with Gasteiger partial charge in [0.05, 0.1) is 18.4 Å². The van der Waals surface area contributed by atoms with Gasteiger partial charge in [0, 0.05) is 12.4 Å². The quantitative estimate of drug-likeness (QED) is 0.719. The fourth-order valence-electron chi connectivity index (χ4n) is 1.52. The zero-order valence-electron chi connectivity index (χ0n) is 10.2. The lowest BCUT2D eigenvalue weighted by Gasteiger charge is -2.14. The van der Waals surface area contributed by atoms with E-state index in [1.807, 2.05) is 6.92 Å². The average molecular weight is 282 g/mol. The molecule has 2 rings (SSSR count). The number of sulfonamides is 1. The normalized spacial score (nSPS) is 13.3. The van der Waals surface area contributed by atoms with Gasteiger partial charge in [0.1, 0.15) is 10.7 Å². The van der Waals surface area contributed by atoms with Gasteiger partial charge in [-0.05, 0) is 6.42 Å². The lowest BCUT2D eigenvalue weighted by atomic mass is 10.2. The molecule has 9 heteroatoms. The molecular formula is C10H14N6O2S. The first-order valence-corrected chi connectivity index (χ1v) is 7.10. The maximum absolute atomic E-state index is 12.1. The molecule has 2 aromatic rings. The number of aromatic nitrogens is 4. The molecule has 0 aliphatic heterocycles. The van der Waals surface area contributed by atoms with Gasteiger partial charge in [-0.3, -0.25) is 0 Å². The summed E-state index contributed by atoms with van der Waals surface area (Å²) in [6, 6.07) is -0.433. The van der Waals surface area contributed by atoms with Gasteiger partial charge >= 0.3 is 0 Å². The van der Waals surface area contributed by atoms with E-state index in [0.717, 1.165) is 0 Å². The van der Waals surface area contributed by atoms with Crippen LogP contribution in [-0.2, 0) is 10.0 Å². The molecule has 0 aliphatic rings. The van der Waals surface area contributed by atoms with Gasteiger partial charge in [-0.1, -0.05) is 6.92 Å². The van der Waals surface area contributed by atoms with Crippen LogP contribution in [0.5, 0.6) is 0 Å². The number of aromatic amines is 1. The molecule has 8 nitrogen and oxygen atoms in total. The summed E-state index contributed by atoms with van der Waals surface area (Å²) in [5.41, 5.74) is 5.32. The molecule has 0 fully saturated rings. The van der Waals surface area contributed by atoms with E-state index in [-0.39, 0.29) is 10.8 Å². The third-order valence-electron chi connectivity index (χ3n) is 2.51. The molecule has 0 aromatic carbocycles. The van der Waals surface area contributed by atoms with Crippen molar-refractivity contribution in [1.82, 2.24) is 24.7 Å². The maximum atomic E-state index is 12.1. The van der Waals surface area contributed by atoms with Crippen molar-refractivity contribution in [3.8, 4) is 0 Å². The minimum atomic E-state index is -3.70. The van der Waals surface area contributed by atoms with Crippen molar-refractivity contribution in [2.24, 2.45) is 0 Å². The molecule has 0 saturated carbocycles. The Balaban J connectivity index is 2.23. The number of H-pyrrole nitrogens is 1. The molecule has 1 atom stereocenters. The van der Waals surface area contributed by atoms with Crippen molar-refractivity contribution >= 4 is 16.0 Å². The fraction of sp³-hybridized carbons (Fsp3) is 0.300. The van der Waals surface area contributed by atoms with E-state index >= 15 is 0 Å². The summed E-state index contributed by atoms with van der Waals surface area (Å²) in [7, 11) is -3.70. The highest BCUT2D eigenvalue weighted by Crippen LogP contribution is 2.16. The van der Waals surface area contributed by atoms with E-state index in [0.29, 0.717) is 12.2 Å². The summed E-state index contributed by atoms with van der Waals surface area (Å²) < 4.78 is 26.8. The van der Waals surface area contributed by atoms with Crippen molar-refractivity contribution in [3.05, 3.63) is 30.6 Å². The molecule has 1 unspecified atom stereocenters. The molecule has 0 radical (unpaired) electrons. The Morgan fingerprint density at radius 1 is 1.37 bits per heavy atom. The van der Waals surface area contributed by atoms with Crippen LogP contribution in [0.3, 0.4) is 0 Å². The molecule has 19 heavy (non-hydrogen) atoms. The van der Waals surface area contributed by atoms with Crippen LogP contribution in [0.15, 0.2) is 29.7 Å². The first kappa shape index (κ1) is 13.4. The number of hydrogen-bond donors (Lipinski definition) is 3. The van der Waals surface area contributed by atoms with Crippen LogP contribution in [0.4, 0.5) is 5.95 Å². The first-order chi connectivity index (χ1) is 9.03. The lowest BCUT2D eigenvalue weighted by Crippen LogP contribution is -2.29. The molecule has 0 saturated heterocycles. The number of rotatable bonds is 5. The molecule has 0 amide bonds. The Morgan fingerprint density at radius 3 is 2.58 bits per heavy atom. The molecule has 4 N–H and O–H groups in total. The smallest absolute Gasteiger partial charge is 0.244 e. The van der Waals surface area contributed by atoms with Crippen molar-refractivity contribution in [2.75, 3.05) is 5.73 Å². The Morgan fingerprint density at radius 2 is 2.05 bits per heavy atom. The molecule has 0 aliphatic carbocycles. The van der Waals surface area contributed by atoms with Gasteiger partial charge in [-0.15, -0.1) is 0 Å². The minimum absolute atomic E-state index is 0.0250. The molecule has 2 aromatic heterocycles. The van der Waals surface area contributed by atoms with Gasteiger partial charge in [0.15, 0.2) is 0 Å². The van der Waals surface area contributed by atoms with Crippen LogP contribution in [0.1, 0.15) is 25.2 Å². The molecule has 2 heterocycles. The predicted molar refractivity (Wildman–Crippen MR) is 68.4 cm³/mol. The number of nitrogens with two attached hydrogens (primary N) is 1. The van der Waals surface area contributed by atoms with Crippen LogP contribution in [-0.4, -0.2) is 28.4 Å². The van der Waals surface area contributed by atoms with Crippen molar-refractivity contribution in [2.45, 2.75) is 24.3 Å². The highest BCUT2D eigenvalue weighted by atomic mass is 32.2. The summed E-state index contributed by atoms with van der Waals surface area (Å²) >= 11 is 0. The summed E-state index contributed by atoms with van der Waals surface area (Å²) in [6.45, 7) is 1.86. The number of nitrogen functional groups attached to an aromatic ring is 1. The fourth-order valence-corrected chi connectivity index (χ4v) is 2.69. The highest BCUT2D eigenvalue weighted by molar-refractivity contribution is 7.89. The Labute approximate surface area is 110 Å². The third kappa shape index (κ3) is 3.06. The summed E-state index contributed by atoms with van der Waals surface area (Å²) in [6.07, 6.45) is 6.10. The average Bonchev–Trinajstić information content (AvgIpc) is 2.90. The van der Waals surface area contributed by atoms with Crippen molar-refractivity contribution < 1.29 is 8.42 Å². The zero-order chi connectivity index (χ0) is 13.9. The number of imidazole rings is 1. The monoisotopic (exact) mass is 282 g/mol. The van der Waals surface area contributed by atoms with Crippen LogP contribution < -0.4 is 10.5 Å². The topological polar surface area (TPSA) is 127 Å². The Hall–Kier alpha value is -2.00. The van der Waals surface area contributed by atoms with Crippen molar-refractivity contribution in [3.63, 3.8) is 0 Å². The van der Waals surface area contributed by atoms with Crippen molar-refractivity contribution in [1.29, 1.82) is 0 Å². The van der Waals surface area contributed by atoms with E-state index in [9.17, 15) is 8.42 Å². The van der Waals surface area contributed by atoms with E-state index < -0.39 is 16.1 Å². The van der Waals surface area contributed by atoms with Gasteiger partial charge in [-0.25, -0.2) is 28.1 Å². The van der Waals surface area contributed by atoms with Gasteiger partial charge in [0.2, 0.25) is 16.0 Å². The lowest BCUT2D eigenvalue weighted by molar-refractivity contribution is 0.538. The summed E-state index contributed by atoms with van der Waals surface area (Å²) in [5, 5.41) is 0. The second-order valence-corrected chi connectivity index (χ2v) is 5.55. The van der Waals surface area contributed by atoms with E-state index in [2.05, 4.69) is 24.7 Å². The zero-order valence-corrected chi connectivity index (χ0v) is 11.1. The second-order valence-electron chi connectivity index (χ2n) is 3.83. The summed E-state index contributed by atoms with van der Waals surface area (Å²) in [4.78, 5) is 14.2. The predicted octanol–water partition coefficient (Wildman–Crippen LogP) is 0.211. The van der Waals surface area contributed by atoms with Crippen LogP contribution in [0, 0.1) is 0 Å². The molecular weight excluding hydrogens is 268 g/mol. The second kappa shape index (κ2) is 5.33. The third-order valence-corrected chi connectivity index (χ3v) is 3.94. The number of nitrogens with zero attached hydrogens (tertiary/aromatic N) is 3. The molecule has 0 bridgehead atoms. The summed E-state index contributed by atoms with van der Waals surface area (Å²) in [5.74, 6) is 0.583. The standard InChI is InChI=1S/C10H14N6O2S/c1-2-8(9-12-3-4-13-9)16-19(17,18)7-5-14-10(11)15-6-7/h3-6,8,16H,2H2,1H3,(H,12,13)(H2,11,14,15). The van der Waals surface area contributed by atoms with E-state index in [1.165, 1.54) is 12.4 Å². The largest absolute Gasteiger partial charge is 0.368 e. The minimum Gasteiger partial charge on any atom is -0.368 e. The van der Waals surface area contributed by atoms with Crippen LogP contribution >= 0.6 is 0 Å². The SMILES string of the molecule is CCC(NS(=O)(=O)c1cnc(N)nc1)c1ncc[nH]1. The van der Waals surface area contributed by atoms with Gasteiger partial charge in [0.25, 0.3) is 0 Å². The number of anilines is 1. The number of hydrogen-bond acceptors (Lipinski definition) is 6. The Bertz CT molecular complexity index is 623. The highest BCUT2D eigenvalue weighted by Gasteiger charge is 2.22. The van der Waals surface area contributed by atoms with Gasteiger partial charge < -0.3 is 10.7 Å². The molecule has 0 spiro atoms. The maximum Gasteiger partial charge on any atom is 0.244 e. The van der Waals surface area contributed by atoms with Crippen LogP contribution in [0.25, 0.3) is 0 Å². The van der Waals surface area contributed by atoms with Crippen LogP contribution in [0.2, 0.25) is 0 Å².